The van der Waals surface area contributed by atoms with Gasteiger partial charge in [-0.1, -0.05) is 29.8 Å². The zero-order chi connectivity index (χ0) is 14.8. The first kappa shape index (κ1) is 13.7. The lowest BCUT2D eigenvalue weighted by Gasteiger charge is -2.18. The van der Waals surface area contributed by atoms with Crippen molar-refractivity contribution in [3.05, 3.63) is 65.4 Å². The molecule has 3 rings (SSSR count). The molecule has 106 valence electrons. The second-order valence-electron chi connectivity index (χ2n) is 5.04. The summed E-state index contributed by atoms with van der Waals surface area (Å²) in [7, 11) is 0. The van der Waals surface area contributed by atoms with Gasteiger partial charge in [0.05, 0.1) is 11.4 Å². The number of hydrogen-bond acceptors (Lipinski definition) is 3. The molecule has 0 amide bonds. The lowest BCUT2D eigenvalue weighted by molar-refractivity contribution is 0.886. The van der Waals surface area contributed by atoms with E-state index in [0.717, 1.165) is 32.7 Å². The van der Waals surface area contributed by atoms with Crippen molar-refractivity contribution >= 4 is 33.7 Å². The number of aromatic nitrogens is 1. The van der Waals surface area contributed by atoms with Crippen molar-refractivity contribution in [3.63, 3.8) is 0 Å². The third kappa shape index (κ3) is 2.78. The summed E-state index contributed by atoms with van der Waals surface area (Å²) in [6, 6.07) is 13.9. The molecule has 0 bridgehead atoms. The Kier molecular flexibility index (Phi) is 3.67. The summed E-state index contributed by atoms with van der Waals surface area (Å²) < 4.78 is 0. The van der Waals surface area contributed by atoms with Gasteiger partial charge in [-0.15, -0.1) is 0 Å². The summed E-state index contributed by atoms with van der Waals surface area (Å²) in [5.74, 6) is 0. The molecule has 2 aromatic carbocycles. The molecule has 0 saturated carbocycles. The van der Waals surface area contributed by atoms with Crippen molar-refractivity contribution in [3.8, 4) is 0 Å². The Morgan fingerprint density at radius 1 is 1.10 bits per heavy atom. The van der Waals surface area contributed by atoms with Crippen LogP contribution in [0.15, 0.2) is 54.9 Å². The lowest BCUT2D eigenvalue weighted by atomic mass is 10.1. The molecular formula is C17H16ClN3. The van der Waals surface area contributed by atoms with Crippen molar-refractivity contribution in [1.29, 1.82) is 0 Å². The summed E-state index contributed by atoms with van der Waals surface area (Å²) in [6.07, 6.45) is 3.57. The monoisotopic (exact) mass is 297 g/mol. The topological polar surface area (TPSA) is 50.9 Å². The van der Waals surface area contributed by atoms with Crippen LogP contribution in [0.25, 0.3) is 10.8 Å². The molecule has 1 atom stereocenters. The fraction of sp³-hybridized carbons (Fsp3) is 0.118. The van der Waals surface area contributed by atoms with Crippen LogP contribution < -0.4 is 11.1 Å². The normalized spacial score (nSPS) is 12.3. The number of benzene rings is 2. The Bertz CT molecular complexity index is 769. The van der Waals surface area contributed by atoms with E-state index in [0.29, 0.717) is 0 Å². The predicted octanol–water partition coefficient (Wildman–Crippen LogP) is 4.64. The van der Waals surface area contributed by atoms with E-state index in [1.54, 1.807) is 6.20 Å². The molecule has 21 heavy (non-hydrogen) atoms. The van der Waals surface area contributed by atoms with Crippen LogP contribution in [0.5, 0.6) is 0 Å². The largest absolute Gasteiger partial charge is 0.397 e. The molecular weight excluding hydrogens is 282 g/mol. The van der Waals surface area contributed by atoms with Gasteiger partial charge >= 0.3 is 0 Å². The first-order valence-corrected chi connectivity index (χ1v) is 7.17. The predicted molar refractivity (Wildman–Crippen MR) is 89.6 cm³/mol. The smallest absolute Gasteiger partial charge is 0.0630 e. The average molecular weight is 298 g/mol. The van der Waals surface area contributed by atoms with Gasteiger partial charge in [0.1, 0.15) is 0 Å². The van der Waals surface area contributed by atoms with Crippen LogP contribution in [-0.2, 0) is 0 Å². The van der Waals surface area contributed by atoms with Crippen LogP contribution in [0.3, 0.4) is 0 Å². The van der Waals surface area contributed by atoms with E-state index in [2.05, 4.69) is 17.2 Å². The number of fused-ring (bicyclic) bond motifs is 1. The molecule has 3 nitrogen and oxygen atoms in total. The molecule has 1 unspecified atom stereocenters. The molecule has 3 N–H and O–H groups in total. The molecule has 1 heterocycles. The maximum Gasteiger partial charge on any atom is 0.0630 e. The summed E-state index contributed by atoms with van der Waals surface area (Å²) in [4.78, 5) is 4.11. The molecule has 0 aliphatic rings. The summed E-state index contributed by atoms with van der Waals surface area (Å²) in [5.41, 5.74) is 9.09. The van der Waals surface area contributed by atoms with Crippen LogP contribution in [0.1, 0.15) is 18.5 Å². The van der Waals surface area contributed by atoms with Crippen LogP contribution >= 0.6 is 11.6 Å². The van der Waals surface area contributed by atoms with Crippen molar-refractivity contribution in [2.75, 3.05) is 11.1 Å². The number of nitrogens with zero attached hydrogens (tertiary/aromatic N) is 1. The number of nitrogens with two attached hydrogens (primary N) is 1. The zero-order valence-corrected chi connectivity index (χ0v) is 12.4. The number of pyridine rings is 1. The average Bonchev–Trinajstić information content (AvgIpc) is 2.51. The van der Waals surface area contributed by atoms with E-state index < -0.39 is 0 Å². The second kappa shape index (κ2) is 5.62. The highest BCUT2D eigenvalue weighted by Crippen LogP contribution is 2.30. The van der Waals surface area contributed by atoms with E-state index in [-0.39, 0.29) is 6.04 Å². The Labute approximate surface area is 128 Å². The summed E-state index contributed by atoms with van der Waals surface area (Å²) in [6.45, 7) is 2.10. The highest BCUT2D eigenvalue weighted by Gasteiger charge is 2.09. The number of nitrogens with one attached hydrogen (secondary N) is 1. The standard InChI is InChI=1S/C17H16ClN3/c1-11(12-2-5-14(18)6-3-12)21-16-7-4-13-10-20-9-8-15(13)17(16)19/h2-11,21H,19H2,1H3. The number of halogens is 1. The van der Waals surface area contributed by atoms with Crippen LogP contribution in [0.2, 0.25) is 5.02 Å². The zero-order valence-electron chi connectivity index (χ0n) is 11.7. The van der Waals surface area contributed by atoms with Gasteiger partial charge in [-0.25, -0.2) is 0 Å². The molecule has 0 saturated heterocycles. The molecule has 0 spiro atoms. The maximum absolute atomic E-state index is 6.26. The van der Waals surface area contributed by atoms with Crippen LogP contribution in [-0.4, -0.2) is 4.98 Å². The van der Waals surface area contributed by atoms with Crippen LogP contribution in [0.4, 0.5) is 11.4 Å². The Balaban J connectivity index is 1.91. The lowest BCUT2D eigenvalue weighted by Crippen LogP contribution is -2.08. The molecule has 3 aromatic rings. The number of anilines is 2. The summed E-state index contributed by atoms with van der Waals surface area (Å²) >= 11 is 5.92. The fourth-order valence-electron chi connectivity index (χ4n) is 2.39. The van der Waals surface area contributed by atoms with Gasteiger partial charge in [0.15, 0.2) is 0 Å². The molecule has 0 aliphatic carbocycles. The van der Waals surface area contributed by atoms with Gasteiger partial charge in [0.2, 0.25) is 0 Å². The van der Waals surface area contributed by atoms with Crippen molar-refractivity contribution < 1.29 is 0 Å². The van der Waals surface area contributed by atoms with Gasteiger partial charge in [0, 0.05) is 34.2 Å². The molecule has 4 heteroatoms. The van der Waals surface area contributed by atoms with Gasteiger partial charge in [0.25, 0.3) is 0 Å². The van der Waals surface area contributed by atoms with Crippen LogP contribution in [0, 0.1) is 0 Å². The highest BCUT2D eigenvalue weighted by atomic mass is 35.5. The van der Waals surface area contributed by atoms with E-state index in [4.69, 9.17) is 17.3 Å². The first-order valence-electron chi connectivity index (χ1n) is 6.79. The van der Waals surface area contributed by atoms with Gasteiger partial charge in [-0.05, 0) is 36.8 Å². The van der Waals surface area contributed by atoms with Crippen molar-refractivity contribution in [1.82, 2.24) is 4.98 Å². The highest BCUT2D eigenvalue weighted by molar-refractivity contribution is 6.30. The van der Waals surface area contributed by atoms with E-state index in [1.165, 1.54) is 0 Å². The van der Waals surface area contributed by atoms with Crippen molar-refractivity contribution in [2.45, 2.75) is 13.0 Å². The maximum atomic E-state index is 6.26. The molecule has 1 aromatic heterocycles. The Morgan fingerprint density at radius 2 is 1.86 bits per heavy atom. The van der Waals surface area contributed by atoms with Gasteiger partial charge < -0.3 is 11.1 Å². The molecule has 0 fully saturated rings. The molecule has 0 radical (unpaired) electrons. The number of nitrogen functional groups attached to an aromatic ring is 1. The quantitative estimate of drug-likeness (QED) is 0.692. The van der Waals surface area contributed by atoms with Crippen molar-refractivity contribution in [2.24, 2.45) is 0 Å². The van der Waals surface area contributed by atoms with Gasteiger partial charge in [-0.3, -0.25) is 4.98 Å². The SMILES string of the molecule is CC(Nc1ccc2cnccc2c1N)c1ccc(Cl)cc1. The van der Waals surface area contributed by atoms with E-state index in [9.17, 15) is 0 Å². The number of rotatable bonds is 3. The van der Waals surface area contributed by atoms with E-state index >= 15 is 0 Å². The fourth-order valence-corrected chi connectivity index (χ4v) is 2.51. The van der Waals surface area contributed by atoms with E-state index in [1.807, 2.05) is 48.7 Å². The second-order valence-corrected chi connectivity index (χ2v) is 5.48. The Hall–Kier alpha value is -2.26. The minimum atomic E-state index is 0.142. The summed E-state index contributed by atoms with van der Waals surface area (Å²) in [5, 5.41) is 6.24. The molecule has 0 aliphatic heterocycles. The minimum Gasteiger partial charge on any atom is -0.397 e. The Morgan fingerprint density at radius 3 is 2.62 bits per heavy atom. The van der Waals surface area contributed by atoms with Gasteiger partial charge in [-0.2, -0.15) is 0 Å². The first-order chi connectivity index (χ1) is 10.1. The third-order valence-corrected chi connectivity index (χ3v) is 3.86. The minimum absolute atomic E-state index is 0.142. The third-order valence-electron chi connectivity index (χ3n) is 3.60. The number of hydrogen-bond donors (Lipinski definition) is 2.